The van der Waals surface area contributed by atoms with Gasteiger partial charge in [-0.15, -0.1) is 11.8 Å². The van der Waals surface area contributed by atoms with Gasteiger partial charge in [-0.1, -0.05) is 61.5 Å². The Balaban J connectivity index is 1.14. The van der Waals surface area contributed by atoms with Crippen LogP contribution in [0.4, 0.5) is 11.4 Å². The molecule has 10 heteroatoms. The summed E-state index contributed by atoms with van der Waals surface area (Å²) >= 11 is 1.40. The Morgan fingerprint density at radius 3 is 2.31 bits per heavy atom. The first kappa shape index (κ1) is 34.7. The first-order valence-corrected chi connectivity index (χ1v) is 17.4. The van der Waals surface area contributed by atoms with E-state index in [9.17, 15) is 14.4 Å². The Morgan fingerprint density at radius 1 is 0.804 bits per heavy atom. The Bertz CT molecular complexity index is 2150. The second-order valence-electron chi connectivity index (χ2n) is 11.4. The molecule has 0 aliphatic carbocycles. The molecule has 3 amide bonds. The highest BCUT2D eigenvalue weighted by Gasteiger charge is 2.20. The first-order valence-electron chi connectivity index (χ1n) is 16.5. The molecule has 3 N–H and O–H groups in total. The number of oxazole rings is 1. The number of rotatable bonds is 13. The predicted molar refractivity (Wildman–Crippen MR) is 203 cm³/mol. The van der Waals surface area contributed by atoms with E-state index in [2.05, 4.69) is 20.9 Å². The van der Waals surface area contributed by atoms with Gasteiger partial charge in [0.1, 0.15) is 17.0 Å². The van der Waals surface area contributed by atoms with Crippen molar-refractivity contribution in [2.45, 2.75) is 30.4 Å². The molecular weight excluding hydrogens is 661 g/mol. The van der Waals surface area contributed by atoms with E-state index in [0.29, 0.717) is 52.8 Å². The number of thioether (sulfide) groups is 1. The van der Waals surface area contributed by atoms with Crippen LogP contribution < -0.4 is 20.7 Å². The van der Waals surface area contributed by atoms with E-state index >= 15 is 0 Å². The van der Waals surface area contributed by atoms with Crippen molar-refractivity contribution in [2.24, 2.45) is 0 Å². The van der Waals surface area contributed by atoms with Gasteiger partial charge in [0.25, 0.3) is 11.8 Å². The molecule has 1 heterocycles. The largest absolute Gasteiger partial charge is 0.493 e. The summed E-state index contributed by atoms with van der Waals surface area (Å²) in [6.45, 7) is 4.27. The molecule has 1 atom stereocenters. The molecule has 6 rings (SSSR count). The van der Waals surface area contributed by atoms with Crippen LogP contribution in [0, 0.1) is 0 Å². The van der Waals surface area contributed by atoms with Crippen molar-refractivity contribution in [3.63, 3.8) is 0 Å². The van der Waals surface area contributed by atoms with E-state index in [-0.39, 0.29) is 11.6 Å². The third kappa shape index (κ3) is 8.92. The van der Waals surface area contributed by atoms with E-state index < -0.39 is 17.1 Å². The van der Waals surface area contributed by atoms with E-state index in [4.69, 9.17) is 9.15 Å². The highest BCUT2D eigenvalue weighted by molar-refractivity contribution is 8.00. The quantitative estimate of drug-likeness (QED) is 0.0815. The number of anilines is 2. The molecule has 9 nitrogen and oxygen atoms in total. The summed E-state index contributed by atoms with van der Waals surface area (Å²) in [4.78, 5) is 45.5. The third-order valence-electron chi connectivity index (χ3n) is 7.77. The van der Waals surface area contributed by atoms with Crippen LogP contribution in [0.5, 0.6) is 5.75 Å². The number of fused-ring (bicyclic) bond motifs is 1. The summed E-state index contributed by atoms with van der Waals surface area (Å²) in [7, 11) is 0. The minimum Gasteiger partial charge on any atom is -0.493 e. The van der Waals surface area contributed by atoms with Crippen molar-refractivity contribution in [2.75, 3.05) is 17.2 Å². The summed E-state index contributed by atoms with van der Waals surface area (Å²) in [5.74, 6) is 0.0141. The zero-order valence-electron chi connectivity index (χ0n) is 28.1. The van der Waals surface area contributed by atoms with Gasteiger partial charge in [0.15, 0.2) is 5.58 Å². The summed E-state index contributed by atoms with van der Waals surface area (Å²) < 4.78 is 11.6. The van der Waals surface area contributed by atoms with Crippen molar-refractivity contribution < 1.29 is 23.5 Å². The number of benzene rings is 5. The van der Waals surface area contributed by atoms with Gasteiger partial charge in [-0.05, 0) is 92.2 Å². The number of para-hydroxylation sites is 3. The van der Waals surface area contributed by atoms with E-state index in [1.807, 2.05) is 98.8 Å². The number of hydrogen-bond donors (Lipinski definition) is 3. The Morgan fingerprint density at radius 2 is 1.55 bits per heavy atom. The topological polar surface area (TPSA) is 123 Å². The standard InChI is InChI=1S/C41H36N4O5S/c1-3-37(40(48)42-30-23-21-28(22-24-30)41-45-33-18-9-11-20-36(33)50-41)51-32-17-12-16-31(26-32)43-39(47)34(44-38(46)27-13-6-5-7-14-27)25-29-15-8-10-19-35(29)49-4-2/h5-26,37H,3-4H2,1-2H3,(H,42,48)(H,43,47)(H,44,46)/b34-25+. The molecule has 256 valence electrons. The van der Waals surface area contributed by atoms with Crippen molar-refractivity contribution >= 4 is 58.0 Å². The van der Waals surface area contributed by atoms with Crippen LogP contribution >= 0.6 is 11.8 Å². The molecule has 0 fully saturated rings. The van der Waals surface area contributed by atoms with Gasteiger partial charge in [0, 0.05) is 33.0 Å². The second kappa shape index (κ2) is 16.5. The highest BCUT2D eigenvalue weighted by Crippen LogP contribution is 2.30. The maximum absolute atomic E-state index is 13.7. The van der Waals surface area contributed by atoms with Crippen molar-refractivity contribution in [3.8, 4) is 17.2 Å². The molecule has 0 saturated carbocycles. The van der Waals surface area contributed by atoms with Crippen LogP contribution in [-0.4, -0.2) is 34.6 Å². The van der Waals surface area contributed by atoms with Crippen LogP contribution in [0.15, 0.2) is 142 Å². The molecule has 0 spiro atoms. The first-order chi connectivity index (χ1) is 24.9. The molecule has 5 aromatic carbocycles. The maximum atomic E-state index is 13.7. The molecule has 1 aromatic heterocycles. The van der Waals surface area contributed by atoms with E-state index in [0.717, 1.165) is 16.0 Å². The lowest BCUT2D eigenvalue weighted by atomic mass is 10.1. The van der Waals surface area contributed by atoms with Crippen LogP contribution in [0.3, 0.4) is 0 Å². The fourth-order valence-corrected chi connectivity index (χ4v) is 6.24. The lowest BCUT2D eigenvalue weighted by molar-refractivity contribution is -0.116. The van der Waals surface area contributed by atoms with Crippen LogP contribution in [0.2, 0.25) is 0 Å². The number of carbonyl (C=O) groups is 3. The number of carbonyl (C=O) groups excluding carboxylic acids is 3. The van der Waals surface area contributed by atoms with Gasteiger partial charge in [-0.25, -0.2) is 4.98 Å². The Kier molecular flexibility index (Phi) is 11.2. The lowest BCUT2D eigenvalue weighted by Gasteiger charge is -2.16. The summed E-state index contributed by atoms with van der Waals surface area (Å²) in [6, 6.07) is 38.2. The van der Waals surface area contributed by atoms with E-state index in [1.54, 1.807) is 48.5 Å². The molecular formula is C41H36N4O5S. The average Bonchev–Trinajstić information content (AvgIpc) is 3.60. The Hall–Kier alpha value is -6.13. The van der Waals surface area contributed by atoms with Crippen LogP contribution in [0.1, 0.15) is 36.2 Å². The number of ether oxygens (including phenoxy) is 1. The van der Waals surface area contributed by atoms with Crippen molar-refractivity contribution in [1.29, 1.82) is 0 Å². The van der Waals surface area contributed by atoms with Gasteiger partial charge in [-0.2, -0.15) is 0 Å². The van der Waals surface area contributed by atoms with Crippen molar-refractivity contribution in [3.05, 3.63) is 144 Å². The molecule has 6 aromatic rings. The lowest BCUT2D eigenvalue weighted by Crippen LogP contribution is -2.30. The van der Waals surface area contributed by atoms with Gasteiger partial charge in [-0.3, -0.25) is 14.4 Å². The normalized spacial score (nSPS) is 11.8. The van der Waals surface area contributed by atoms with Crippen LogP contribution in [0.25, 0.3) is 28.6 Å². The molecule has 51 heavy (non-hydrogen) atoms. The zero-order chi connectivity index (χ0) is 35.6. The minimum atomic E-state index is -0.515. The van der Waals surface area contributed by atoms with Gasteiger partial charge in [0.05, 0.1) is 11.9 Å². The molecule has 0 radical (unpaired) electrons. The van der Waals surface area contributed by atoms with Gasteiger partial charge >= 0.3 is 0 Å². The molecule has 1 unspecified atom stereocenters. The average molecular weight is 697 g/mol. The second-order valence-corrected chi connectivity index (χ2v) is 12.7. The monoisotopic (exact) mass is 696 g/mol. The minimum absolute atomic E-state index is 0.0435. The summed E-state index contributed by atoms with van der Waals surface area (Å²) in [5, 5.41) is 8.29. The smallest absolute Gasteiger partial charge is 0.272 e. The summed E-state index contributed by atoms with van der Waals surface area (Å²) in [5.41, 5.74) is 4.56. The number of nitrogens with zero attached hydrogens (tertiary/aromatic N) is 1. The summed E-state index contributed by atoms with van der Waals surface area (Å²) in [6.07, 6.45) is 2.17. The van der Waals surface area contributed by atoms with Gasteiger partial charge in [0.2, 0.25) is 11.8 Å². The maximum Gasteiger partial charge on any atom is 0.272 e. The number of amides is 3. The van der Waals surface area contributed by atoms with Crippen LogP contribution in [-0.2, 0) is 9.59 Å². The third-order valence-corrected chi connectivity index (χ3v) is 9.13. The molecule has 0 aliphatic rings. The Labute approximate surface area is 300 Å². The van der Waals surface area contributed by atoms with E-state index in [1.165, 1.54) is 11.8 Å². The molecule has 0 bridgehead atoms. The molecule has 0 saturated heterocycles. The predicted octanol–water partition coefficient (Wildman–Crippen LogP) is 8.81. The fourth-order valence-electron chi connectivity index (χ4n) is 5.23. The number of nitrogens with one attached hydrogen (secondary N) is 3. The zero-order valence-corrected chi connectivity index (χ0v) is 28.9. The molecule has 0 aliphatic heterocycles. The fraction of sp³-hybridized carbons (Fsp3) is 0.122. The van der Waals surface area contributed by atoms with Gasteiger partial charge < -0.3 is 25.1 Å². The number of hydrogen-bond acceptors (Lipinski definition) is 7. The number of aromatic nitrogens is 1. The van der Waals surface area contributed by atoms with Crippen molar-refractivity contribution in [1.82, 2.24) is 10.3 Å². The highest BCUT2D eigenvalue weighted by atomic mass is 32.2. The SMILES string of the molecule is CCOc1ccccc1/C=C(/NC(=O)c1ccccc1)C(=O)Nc1cccc(SC(CC)C(=O)Nc2ccc(-c3nc4ccccc4o3)cc2)c1.